The van der Waals surface area contributed by atoms with Crippen LogP contribution in [-0.2, 0) is 6.42 Å². The van der Waals surface area contributed by atoms with Gasteiger partial charge in [0.2, 0.25) is 0 Å². The van der Waals surface area contributed by atoms with Crippen LogP contribution in [0.1, 0.15) is 16.1 Å². The van der Waals surface area contributed by atoms with Crippen LogP contribution in [0.5, 0.6) is 17.2 Å². The molecule has 2 heterocycles. The summed E-state index contributed by atoms with van der Waals surface area (Å²) in [6.45, 7) is 0.433. The average Bonchev–Trinajstić information content (AvgIpc) is 3.00. The topological polar surface area (TPSA) is 107 Å². The first-order chi connectivity index (χ1) is 20.0. The molecule has 3 aromatic carbocycles. The number of pyridine rings is 1. The Morgan fingerprint density at radius 2 is 1.76 bits per heavy atom. The van der Waals surface area contributed by atoms with Gasteiger partial charge in [0.25, 0.3) is 11.5 Å². The quantitative estimate of drug-likeness (QED) is 0.220. The van der Waals surface area contributed by atoms with Crippen LogP contribution >= 0.6 is 11.6 Å². The minimum Gasteiger partial charge on any atom is -0.497 e. The smallest absolute Gasteiger partial charge is 0.299 e. The van der Waals surface area contributed by atoms with E-state index in [0.29, 0.717) is 46.4 Å². The third-order valence-electron chi connectivity index (χ3n) is 6.07. The molecule has 10 heteroatoms. The van der Waals surface area contributed by atoms with Gasteiger partial charge < -0.3 is 20.1 Å². The molecule has 41 heavy (non-hydrogen) atoms. The van der Waals surface area contributed by atoms with E-state index >= 15 is 0 Å². The van der Waals surface area contributed by atoms with Crippen LogP contribution in [0.4, 0.5) is 11.4 Å². The van der Waals surface area contributed by atoms with Crippen molar-refractivity contribution in [3.63, 3.8) is 0 Å². The fraction of sp³-hybridized carbons (Fsp3) is 0.0968. The highest BCUT2D eigenvalue weighted by atomic mass is 35.5. The summed E-state index contributed by atoms with van der Waals surface area (Å²) in [5.74, 6) is 1.10. The second-order valence-electron chi connectivity index (χ2n) is 8.89. The molecule has 0 saturated heterocycles. The van der Waals surface area contributed by atoms with Crippen LogP contribution in [0.3, 0.4) is 0 Å². The monoisotopic (exact) mass is 567 g/mol. The van der Waals surface area contributed by atoms with Crippen molar-refractivity contribution < 1.29 is 14.3 Å². The lowest BCUT2D eigenvalue weighted by atomic mass is 10.1. The van der Waals surface area contributed by atoms with Crippen molar-refractivity contribution in [2.75, 3.05) is 19.0 Å². The zero-order chi connectivity index (χ0) is 28.6. The molecule has 1 amide bonds. The number of benzene rings is 3. The van der Waals surface area contributed by atoms with Gasteiger partial charge in [-0.3, -0.25) is 14.6 Å². The minimum absolute atomic E-state index is 0.128. The van der Waals surface area contributed by atoms with Crippen LogP contribution in [0.2, 0.25) is 5.02 Å². The summed E-state index contributed by atoms with van der Waals surface area (Å²) in [6.07, 6.45) is 3.78. The Kier molecular flexibility index (Phi) is 8.56. The molecule has 2 N–H and O–H groups in total. The third kappa shape index (κ3) is 6.90. The SMILES string of the molecule is COc1ccc(Oc2cnn(-c3cccc(Cl)c3)c(=O)c2Nc2cccc(C(=O)NCCc3ccccn3)c2)cc1. The molecule has 0 aliphatic rings. The Morgan fingerprint density at radius 3 is 2.51 bits per heavy atom. The van der Waals surface area contributed by atoms with Crippen molar-refractivity contribution in [2.24, 2.45) is 0 Å². The molecule has 0 saturated carbocycles. The standard InChI is InChI=1S/C31H26ClN5O4/c1-40-26-11-13-27(14-12-26)41-28-20-35-37(25-10-5-7-22(32)19-25)31(39)29(28)36-24-9-4-6-21(18-24)30(38)34-17-15-23-8-2-3-16-33-23/h2-14,16,18-20,36H,15,17H2,1H3,(H,34,38). The lowest BCUT2D eigenvalue weighted by Crippen LogP contribution is -2.26. The first kappa shape index (κ1) is 27.4. The number of ether oxygens (including phenoxy) is 2. The second kappa shape index (κ2) is 12.8. The summed E-state index contributed by atoms with van der Waals surface area (Å²) in [6, 6.07) is 26.3. The van der Waals surface area contributed by atoms with E-state index in [1.807, 2.05) is 18.2 Å². The fourth-order valence-corrected chi connectivity index (χ4v) is 4.21. The predicted molar refractivity (Wildman–Crippen MR) is 158 cm³/mol. The second-order valence-corrected chi connectivity index (χ2v) is 9.33. The molecule has 0 aliphatic heterocycles. The van der Waals surface area contributed by atoms with Crippen molar-refractivity contribution in [1.82, 2.24) is 20.1 Å². The number of nitrogens with zero attached hydrogens (tertiary/aromatic N) is 3. The fourth-order valence-electron chi connectivity index (χ4n) is 4.03. The molecule has 0 aliphatic carbocycles. The lowest BCUT2D eigenvalue weighted by molar-refractivity contribution is 0.0954. The van der Waals surface area contributed by atoms with E-state index < -0.39 is 5.56 Å². The largest absolute Gasteiger partial charge is 0.497 e. The summed E-state index contributed by atoms with van der Waals surface area (Å²) in [4.78, 5) is 30.8. The molecule has 0 atom stereocenters. The highest BCUT2D eigenvalue weighted by molar-refractivity contribution is 6.30. The summed E-state index contributed by atoms with van der Waals surface area (Å²) < 4.78 is 12.5. The molecule has 5 rings (SSSR count). The van der Waals surface area contributed by atoms with Gasteiger partial charge in [0, 0.05) is 41.1 Å². The molecular weight excluding hydrogens is 542 g/mol. The highest BCUT2D eigenvalue weighted by Crippen LogP contribution is 2.30. The van der Waals surface area contributed by atoms with E-state index in [0.717, 1.165) is 5.69 Å². The van der Waals surface area contributed by atoms with Crippen molar-refractivity contribution in [1.29, 1.82) is 0 Å². The summed E-state index contributed by atoms with van der Waals surface area (Å²) in [5.41, 5.74) is 1.98. The number of hydrogen-bond acceptors (Lipinski definition) is 7. The maximum Gasteiger partial charge on any atom is 0.299 e. The van der Waals surface area contributed by atoms with Gasteiger partial charge in [-0.2, -0.15) is 9.78 Å². The van der Waals surface area contributed by atoms with Crippen LogP contribution in [0, 0.1) is 0 Å². The van der Waals surface area contributed by atoms with Crippen molar-refractivity contribution in [2.45, 2.75) is 6.42 Å². The molecule has 9 nitrogen and oxygen atoms in total. The van der Waals surface area contributed by atoms with Crippen LogP contribution in [-0.4, -0.2) is 34.3 Å². The number of halogens is 1. The van der Waals surface area contributed by atoms with Gasteiger partial charge in [0.1, 0.15) is 11.5 Å². The number of rotatable bonds is 10. The Morgan fingerprint density at radius 1 is 0.951 bits per heavy atom. The first-order valence-corrected chi connectivity index (χ1v) is 13.1. The van der Waals surface area contributed by atoms with Gasteiger partial charge in [-0.15, -0.1) is 0 Å². The molecule has 0 fully saturated rings. The highest BCUT2D eigenvalue weighted by Gasteiger charge is 2.17. The van der Waals surface area contributed by atoms with Gasteiger partial charge in [-0.05, 0) is 72.8 Å². The molecule has 206 valence electrons. The molecule has 0 spiro atoms. The maximum atomic E-state index is 13.7. The molecular formula is C31H26ClN5O4. The van der Waals surface area contributed by atoms with Crippen molar-refractivity contribution in [3.05, 3.63) is 130 Å². The lowest BCUT2D eigenvalue weighted by Gasteiger charge is -2.15. The van der Waals surface area contributed by atoms with E-state index in [1.165, 1.54) is 10.9 Å². The number of carbonyl (C=O) groups is 1. The Balaban J connectivity index is 1.42. The number of methoxy groups -OCH3 is 1. The third-order valence-corrected chi connectivity index (χ3v) is 6.31. The minimum atomic E-state index is -0.469. The van der Waals surface area contributed by atoms with E-state index in [4.69, 9.17) is 21.1 Å². The first-order valence-electron chi connectivity index (χ1n) is 12.8. The molecule has 0 radical (unpaired) electrons. The summed E-state index contributed by atoms with van der Waals surface area (Å²) in [7, 11) is 1.58. The van der Waals surface area contributed by atoms with Crippen LogP contribution in [0.15, 0.2) is 108 Å². The maximum absolute atomic E-state index is 13.7. The average molecular weight is 568 g/mol. The van der Waals surface area contributed by atoms with E-state index in [1.54, 1.807) is 86.1 Å². The van der Waals surface area contributed by atoms with Gasteiger partial charge in [-0.1, -0.05) is 29.8 Å². The van der Waals surface area contributed by atoms with E-state index in [-0.39, 0.29) is 17.3 Å². The Bertz CT molecular complexity index is 1710. The predicted octanol–water partition coefficient (Wildman–Crippen LogP) is 5.80. The number of nitrogens with one attached hydrogen (secondary N) is 2. The van der Waals surface area contributed by atoms with Crippen molar-refractivity contribution >= 4 is 28.9 Å². The Labute approximate surface area is 241 Å². The number of hydrogen-bond donors (Lipinski definition) is 2. The number of aromatic nitrogens is 3. The summed E-state index contributed by atoms with van der Waals surface area (Å²) >= 11 is 6.16. The number of anilines is 2. The van der Waals surface area contributed by atoms with Crippen LogP contribution < -0.4 is 25.7 Å². The molecule has 0 unspecified atom stereocenters. The zero-order valence-corrected chi connectivity index (χ0v) is 22.8. The van der Waals surface area contributed by atoms with Gasteiger partial charge in [0.05, 0.1) is 19.0 Å². The van der Waals surface area contributed by atoms with Gasteiger partial charge in [0.15, 0.2) is 11.4 Å². The number of amides is 1. The molecule has 2 aromatic heterocycles. The van der Waals surface area contributed by atoms with Crippen molar-refractivity contribution in [3.8, 4) is 22.9 Å². The zero-order valence-electron chi connectivity index (χ0n) is 22.1. The van der Waals surface area contributed by atoms with Gasteiger partial charge >= 0.3 is 0 Å². The van der Waals surface area contributed by atoms with Gasteiger partial charge in [-0.25, -0.2) is 0 Å². The normalized spacial score (nSPS) is 10.6. The Hall–Kier alpha value is -5.15. The van der Waals surface area contributed by atoms with E-state index in [9.17, 15) is 9.59 Å². The van der Waals surface area contributed by atoms with Crippen LogP contribution in [0.25, 0.3) is 5.69 Å². The molecule has 0 bridgehead atoms. The summed E-state index contributed by atoms with van der Waals surface area (Å²) in [5, 5.41) is 10.8. The molecule has 5 aromatic rings. The van der Waals surface area contributed by atoms with E-state index in [2.05, 4.69) is 20.7 Å². The number of carbonyl (C=O) groups excluding carboxylic acids is 1.